The highest BCUT2D eigenvalue weighted by molar-refractivity contribution is 7.99. The first-order valence-electron chi connectivity index (χ1n) is 8.78. The molecule has 4 rings (SSSR count). The van der Waals surface area contributed by atoms with Gasteiger partial charge in [-0.15, -0.1) is 11.8 Å². The lowest BCUT2D eigenvalue weighted by Gasteiger charge is -2.13. The minimum Gasteiger partial charge on any atom is -0.322 e. The standard InChI is InChI=1S/C22H15FN2O3S/c23-15-7-5-14(6-8-15)20(26)24-16-9-11-17(12-10-16)29-13-25-21(27)18-3-1-2-4-19(18)22(25)28/h1-12H,13H2,(H,24,26). The molecule has 5 nitrogen and oxygen atoms in total. The quantitative estimate of drug-likeness (QED) is 0.503. The predicted molar refractivity (Wildman–Crippen MR) is 108 cm³/mol. The summed E-state index contributed by atoms with van der Waals surface area (Å²) in [4.78, 5) is 39.0. The molecule has 0 aromatic heterocycles. The van der Waals surface area contributed by atoms with E-state index in [1.165, 1.54) is 40.9 Å². The fraction of sp³-hybridized carbons (Fsp3) is 0.0455. The van der Waals surface area contributed by atoms with Gasteiger partial charge in [0, 0.05) is 16.1 Å². The monoisotopic (exact) mass is 406 g/mol. The van der Waals surface area contributed by atoms with Crippen LogP contribution in [-0.2, 0) is 0 Å². The van der Waals surface area contributed by atoms with Crippen LogP contribution in [0.3, 0.4) is 0 Å². The van der Waals surface area contributed by atoms with Crippen LogP contribution >= 0.6 is 11.8 Å². The van der Waals surface area contributed by atoms with Crippen molar-refractivity contribution >= 4 is 35.2 Å². The van der Waals surface area contributed by atoms with Gasteiger partial charge in [0.25, 0.3) is 17.7 Å². The molecule has 0 bridgehead atoms. The summed E-state index contributed by atoms with van der Waals surface area (Å²) < 4.78 is 13.0. The first-order valence-corrected chi connectivity index (χ1v) is 9.76. The molecule has 0 radical (unpaired) electrons. The Hall–Kier alpha value is -3.45. The third-order valence-corrected chi connectivity index (χ3v) is 5.45. The normalized spacial score (nSPS) is 12.8. The van der Waals surface area contributed by atoms with E-state index in [0.29, 0.717) is 22.4 Å². The number of fused-ring (bicyclic) bond motifs is 1. The maximum Gasteiger partial charge on any atom is 0.262 e. The number of carbonyl (C=O) groups is 3. The molecule has 3 aromatic rings. The molecule has 0 fully saturated rings. The summed E-state index contributed by atoms with van der Waals surface area (Å²) in [6.45, 7) is 0. The van der Waals surface area contributed by atoms with Crippen LogP contribution in [0.5, 0.6) is 0 Å². The lowest BCUT2D eigenvalue weighted by atomic mass is 10.1. The summed E-state index contributed by atoms with van der Waals surface area (Å²) in [7, 11) is 0. The fourth-order valence-electron chi connectivity index (χ4n) is 2.93. The Morgan fingerprint density at radius 3 is 2.03 bits per heavy atom. The maximum absolute atomic E-state index is 13.0. The molecular weight excluding hydrogens is 391 g/mol. The van der Waals surface area contributed by atoms with Crippen molar-refractivity contribution < 1.29 is 18.8 Å². The molecule has 29 heavy (non-hydrogen) atoms. The van der Waals surface area contributed by atoms with Gasteiger partial charge in [0.1, 0.15) is 5.82 Å². The van der Waals surface area contributed by atoms with Gasteiger partial charge in [-0.05, 0) is 60.7 Å². The third-order valence-electron chi connectivity index (χ3n) is 4.46. The van der Waals surface area contributed by atoms with Crippen molar-refractivity contribution in [2.45, 2.75) is 4.90 Å². The zero-order valence-corrected chi connectivity index (χ0v) is 15.9. The van der Waals surface area contributed by atoms with E-state index in [4.69, 9.17) is 0 Å². The van der Waals surface area contributed by atoms with E-state index >= 15 is 0 Å². The van der Waals surface area contributed by atoms with Crippen LogP contribution in [0.25, 0.3) is 0 Å². The Bertz CT molecular complexity index is 1060. The van der Waals surface area contributed by atoms with Gasteiger partial charge < -0.3 is 5.32 Å². The van der Waals surface area contributed by atoms with Gasteiger partial charge in [0.2, 0.25) is 0 Å². The summed E-state index contributed by atoms with van der Waals surface area (Å²) in [6.07, 6.45) is 0. The Kier molecular flexibility index (Phi) is 5.14. The number of thioether (sulfide) groups is 1. The Balaban J connectivity index is 1.37. The second-order valence-corrected chi connectivity index (χ2v) is 7.36. The molecule has 3 aromatic carbocycles. The number of halogens is 1. The van der Waals surface area contributed by atoms with Gasteiger partial charge in [-0.1, -0.05) is 12.1 Å². The molecule has 3 amide bonds. The molecular formula is C22H15FN2O3S. The van der Waals surface area contributed by atoms with Gasteiger partial charge in [-0.2, -0.15) is 0 Å². The van der Waals surface area contributed by atoms with E-state index in [2.05, 4.69) is 5.32 Å². The van der Waals surface area contributed by atoms with Crippen molar-refractivity contribution in [3.05, 3.63) is 95.3 Å². The predicted octanol–water partition coefficient (Wildman–Crippen LogP) is 4.42. The first kappa shape index (κ1) is 18.9. The van der Waals surface area contributed by atoms with Crippen LogP contribution in [0.1, 0.15) is 31.1 Å². The number of imide groups is 1. The number of rotatable bonds is 5. The first-order chi connectivity index (χ1) is 14.0. The average Bonchev–Trinajstić information content (AvgIpc) is 2.98. The second kappa shape index (κ2) is 7.89. The zero-order valence-electron chi connectivity index (χ0n) is 15.1. The summed E-state index contributed by atoms with van der Waals surface area (Å²) in [6, 6.07) is 19.1. The molecule has 7 heteroatoms. The topological polar surface area (TPSA) is 66.5 Å². The summed E-state index contributed by atoms with van der Waals surface area (Å²) in [5.41, 5.74) is 1.80. The maximum atomic E-state index is 13.0. The van der Waals surface area contributed by atoms with E-state index in [9.17, 15) is 18.8 Å². The Morgan fingerprint density at radius 2 is 1.45 bits per heavy atom. The zero-order chi connectivity index (χ0) is 20.4. The smallest absolute Gasteiger partial charge is 0.262 e. The van der Waals surface area contributed by atoms with Gasteiger partial charge in [-0.3, -0.25) is 19.3 Å². The van der Waals surface area contributed by atoms with Crippen LogP contribution in [0, 0.1) is 5.82 Å². The van der Waals surface area contributed by atoms with Crippen molar-refractivity contribution in [1.82, 2.24) is 4.90 Å². The highest BCUT2D eigenvalue weighted by atomic mass is 32.2. The number of anilines is 1. The van der Waals surface area contributed by atoms with Crippen LogP contribution in [-0.4, -0.2) is 28.5 Å². The second-order valence-electron chi connectivity index (χ2n) is 6.34. The van der Waals surface area contributed by atoms with Crippen LogP contribution in [0.2, 0.25) is 0 Å². The molecule has 1 aliphatic rings. The Labute approximate surface area is 170 Å². The van der Waals surface area contributed by atoms with E-state index in [1.807, 2.05) is 0 Å². The van der Waals surface area contributed by atoms with Crippen molar-refractivity contribution in [3.8, 4) is 0 Å². The molecule has 1 heterocycles. The number of hydrogen-bond acceptors (Lipinski definition) is 4. The number of benzene rings is 3. The molecule has 0 unspecified atom stereocenters. The molecule has 0 aliphatic carbocycles. The average molecular weight is 406 g/mol. The van der Waals surface area contributed by atoms with Crippen molar-refractivity contribution in [2.24, 2.45) is 0 Å². The summed E-state index contributed by atoms with van der Waals surface area (Å²) >= 11 is 1.35. The highest BCUT2D eigenvalue weighted by Gasteiger charge is 2.34. The van der Waals surface area contributed by atoms with Crippen molar-refractivity contribution in [3.63, 3.8) is 0 Å². The summed E-state index contributed by atoms with van der Waals surface area (Å²) in [5.74, 6) is -1.12. The van der Waals surface area contributed by atoms with Gasteiger partial charge in [-0.25, -0.2) is 4.39 Å². The fourth-order valence-corrected chi connectivity index (χ4v) is 3.78. The van der Waals surface area contributed by atoms with Gasteiger partial charge in [0.05, 0.1) is 17.0 Å². The van der Waals surface area contributed by atoms with E-state index in [1.54, 1.807) is 48.5 Å². The molecule has 0 spiro atoms. The van der Waals surface area contributed by atoms with E-state index in [-0.39, 0.29) is 23.6 Å². The van der Waals surface area contributed by atoms with Crippen LogP contribution in [0.4, 0.5) is 10.1 Å². The molecule has 0 saturated heterocycles. The minimum atomic E-state index is -0.402. The number of nitrogens with one attached hydrogen (secondary N) is 1. The van der Waals surface area contributed by atoms with Crippen LogP contribution < -0.4 is 5.32 Å². The molecule has 144 valence electrons. The minimum absolute atomic E-state index is 0.202. The van der Waals surface area contributed by atoms with E-state index in [0.717, 1.165) is 4.90 Å². The third kappa shape index (κ3) is 3.90. The van der Waals surface area contributed by atoms with Crippen LogP contribution in [0.15, 0.2) is 77.7 Å². The number of amides is 3. The lowest BCUT2D eigenvalue weighted by Crippen LogP contribution is -2.29. The summed E-state index contributed by atoms with van der Waals surface area (Å²) in [5, 5.41) is 2.74. The molecule has 1 aliphatic heterocycles. The van der Waals surface area contributed by atoms with Crippen molar-refractivity contribution in [1.29, 1.82) is 0 Å². The SMILES string of the molecule is O=C(Nc1ccc(SCN2C(=O)c3ccccc3C2=O)cc1)c1ccc(F)cc1. The lowest BCUT2D eigenvalue weighted by molar-refractivity contribution is 0.0683. The van der Waals surface area contributed by atoms with Crippen molar-refractivity contribution in [2.75, 3.05) is 11.2 Å². The Morgan fingerprint density at radius 1 is 0.862 bits per heavy atom. The molecule has 0 saturated carbocycles. The molecule has 1 N–H and O–H groups in total. The number of hydrogen-bond donors (Lipinski definition) is 1. The number of nitrogens with zero attached hydrogens (tertiary/aromatic N) is 1. The van der Waals surface area contributed by atoms with E-state index < -0.39 is 5.82 Å². The molecule has 0 atom stereocenters. The van der Waals surface area contributed by atoms with Gasteiger partial charge >= 0.3 is 0 Å². The highest BCUT2D eigenvalue weighted by Crippen LogP contribution is 2.27. The number of carbonyl (C=O) groups excluding carboxylic acids is 3. The largest absolute Gasteiger partial charge is 0.322 e. The van der Waals surface area contributed by atoms with Gasteiger partial charge in [0.15, 0.2) is 0 Å².